The Kier molecular flexibility index (Phi) is 13.0. The molecule has 2 amide bonds. The highest BCUT2D eigenvalue weighted by atomic mass is 16.7. The average Bonchev–Trinajstić information content (AvgIpc) is 3.20. The van der Waals surface area contributed by atoms with Crippen molar-refractivity contribution in [2.45, 2.75) is 33.8 Å². The summed E-state index contributed by atoms with van der Waals surface area (Å²) in [4.78, 5) is 64.2. The summed E-state index contributed by atoms with van der Waals surface area (Å²) in [5.41, 5.74) is 1.75. The van der Waals surface area contributed by atoms with Crippen LogP contribution in [0.2, 0.25) is 0 Å². The minimum atomic E-state index is -1.21. The van der Waals surface area contributed by atoms with Crippen LogP contribution < -0.4 is 29.7 Å². The molecular weight excluding hydrogens is 738 g/mol. The van der Waals surface area contributed by atoms with E-state index >= 15 is 0 Å². The number of ether oxygens (including phenoxy) is 4. The maximum atomic E-state index is 13.8. The number of rotatable bonds is 14. The van der Waals surface area contributed by atoms with Crippen molar-refractivity contribution in [2.75, 3.05) is 35.7 Å². The smallest absolute Gasteiger partial charge is 0.497 e. The molecule has 0 spiro atoms. The number of nitrogens with one attached hydrogen (secondary N) is 2. The Morgan fingerprint density at radius 3 is 2.05 bits per heavy atom. The monoisotopic (exact) mass is 777 g/mol. The van der Waals surface area contributed by atoms with Crippen LogP contribution in [0.4, 0.5) is 38.0 Å². The highest BCUT2D eigenvalue weighted by molar-refractivity contribution is 6.09. The number of benzene rings is 5. The van der Waals surface area contributed by atoms with Crippen molar-refractivity contribution in [1.82, 2.24) is 0 Å². The molecule has 0 bridgehead atoms. The van der Waals surface area contributed by atoms with Crippen molar-refractivity contribution in [3.05, 3.63) is 140 Å². The molecule has 16 heteroatoms. The summed E-state index contributed by atoms with van der Waals surface area (Å²) in [5.74, 6) is -2.10. The van der Waals surface area contributed by atoms with Gasteiger partial charge < -0.3 is 29.2 Å². The first-order chi connectivity index (χ1) is 27.3. The van der Waals surface area contributed by atoms with Gasteiger partial charge in [-0.2, -0.15) is 0 Å². The summed E-state index contributed by atoms with van der Waals surface area (Å²) in [6.07, 6.45) is -3.11. The van der Waals surface area contributed by atoms with Gasteiger partial charge in [0.15, 0.2) is 5.75 Å². The molecule has 0 aliphatic heterocycles. The molecule has 0 heterocycles. The number of methoxy groups -OCH3 is 1. The first-order valence-electron chi connectivity index (χ1n) is 17.7. The number of anilines is 3. The molecule has 5 aromatic carbocycles. The van der Waals surface area contributed by atoms with E-state index in [9.17, 15) is 34.6 Å². The average molecular weight is 778 g/mol. The van der Waals surface area contributed by atoms with Crippen molar-refractivity contribution >= 4 is 46.6 Å². The number of non-ortho nitro benzene ring substituents is 1. The van der Waals surface area contributed by atoms with Gasteiger partial charge >= 0.3 is 17.9 Å². The molecule has 0 saturated heterocycles. The molecule has 294 valence electrons. The molecule has 5 aromatic rings. The second-order valence-electron chi connectivity index (χ2n) is 12.5. The number of hydrogen-bond acceptors (Lipinski definition) is 12. The van der Waals surface area contributed by atoms with Crippen LogP contribution in [0, 0.1) is 27.2 Å². The Balaban J connectivity index is 1.39. The van der Waals surface area contributed by atoms with Crippen molar-refractivity contribution in [1.29, 1.82) is 0 Å². The number of nitro benzene ring substituents is 2. The minimum absolute atomic E-state index is 0.161. The van der Waals surface area contributed by atoms with E-state index in [1.807, 2.05) is 62.4 Å². The molecule has 57 heavy (non-hydrogen) atoms. The molecule has 0 radical (unpaired) electrons. The van der Waals surface area contributed by atoms with E-state index in [-0.39, 0.29) is 17.2 Å². The number of aryl methyl sites for hydroxylation is 1. The van der Waals surface area contributed by atoms with Gasteiger partial charge in [-0.3, -0.25) is 30.3 Å². The van der Waals surface area contributed by atoms with E-state index in [0.717, 1.165) is 36.0 Å². The summed E-state index contributed by atoms with van der Waals surface area (Å²) in [6, 6.07) is 27.6. The van der Waals surface area contributed by atoms with Crippen LogP contribution in [-0.4, -0.2) is 48.2 Å². The Bertz CT molecular complexity index is 2300. The highest BCUT2D eigenvalue weighted by Gasteiger charge is 2.31. The van der Waals surface area contributed by atoms with Gasteiger partial charge in [0.2, 0.25) is 5.75 Å². The second-order valence-corrected chi connectivity index (χ2v) is 12.5. The lowest BCUT2D eigenvalue weighted by atomic mass is 10.0. The summed E-state index contributed by atoms with van der Waals surface area (Å²) in [7, 11) is 1.36. The van der Waals surface area contributed by atoms with Crippen LogP contribution >= 0.6 is 0 Å². The molecule has 0 aliphatic carbocycles. The quantitative estimate of drug-likeness (QED) is 0.0469. The number of hydrogen-bond donors (Lipinski definition) is 2. The summed E-state index contributed by atoms with van der Waals surface area (Å²) in [6.45, 7) is 8.87. The van der Waals surface area contributed by atoms with Crippen molar-refractivity contribution in [3.63, 3.8) is 0 Å². The third kappa shape index (κ3) is 9.99. The van der Waals surface area contributed by atoms with Gasteiger partial charge in [0, 0.05) is 36.6 Å². The largest absolute Gasteiger partial charge is 0.514 e. The lowest BCUT2D eigenvalue weighted by molar-refractivity contribution is -0.394. The van der Waals surface area contributed by atoms with Crippen LogP contribution in [0.25, 0.3) is 11.1 Å². The van der Waals surface area contributed by atoms with E-state index < -0.39 is 56.8 Å². The van der Waals surface area contributed by atoms with Gasteiger partial charge in [-0.25, -0.2) is 9.59 Å². The van der Waals surface area contributed by atoms with Gasteiger partial charge in [0.1, 0.15) is 11.9 Å². The van der Waals surface area contributed by atoms with Gasteiger partial charge in [-0.05, 0) is 80.3 Å². The van der Waals surface area contributed by atoms with Crippen LogP contribution in [0.5, 0.6) is 17.2 Å². The molecule has 2 N–H and O–H groups in total. The van der Waals surface area contributed by atoms with Crippen LogP contribution in [0.1, 0.15) is 48.4 Å². The number of amides is 2. The Morgan fingerprint density at radius 2 is 1.44 bits per heavy atom. The topological polar surface area (TPSA) is 202 Å². The third-order valence-corrected chi connectivity index (χ3v) is 8.87. The first-order valence-corrected chi connectivity index (χ1v) is 17.7. The summed E-state index contributed by atoms with van der Waals surface area (Å²) in [5, 5.41) is 28.9. The molecule has 0 aromatic heterocycles. The van der Waals surface area contributed by atoms with Gasteiger partial charge in [-0.1, -0.05) is 54.6 Å². The Labute approximate surface area is 327 Å². The van der Waals surface area contributed by atoms with E-state index in [0.29, 0.717) is 22.9 Å². The maximum absolute atomic E-state index is 13.8. The molecule has 0 saturated carbocycles. The van der Waals surface area contributed by atoms with Gasteiger partial charge in [0.05, 0.1) is 34.3 Å². The Morgan fingerprint density at radius 1 is 0.772 bits per heavy atom. The van der Waals surface area contributed by atoms with Crippen molar-refractivity contribution in [2.24, 2.45) is 0 Å². The third-order valence-electron chi connectivity index (χ3n) is 8.87. The fraction of sp³-hybridized carbons (Fsp3) is 0.195. The normalized spacial score (nSPS) is 11.1. The van der Waals surface area contributed by atoms with E-state index in [1.54, 1.807) is 38.1 Å². The fourth-order valence-electron chi connectivity index (χ4n) is 5.83. The fourth-order valence-corrected chi connectivity index (χ4v) is 5.83. The lowest BCUT2D eigenvalue weighted by Crippen LogP contribution is -2.23. The van der Waals surface area contributed by atoms with Gasteiger partial charge in [0.25, 0.3) is 11.6 Å². The highest BCUT2D eigenvalue weighted by Crippen LogP contribution is 2.38. The maximum Gasteiger partial charge on any atom is 0.514 e. The predicted octanol–water partition coefficient (Wildman–Crippen LogP) is 9.47. The molecule has 16 nitrogen and oxygen atoms in total. The minimum Gasteiger partial charge on any atom is -0.497 e. The first kappa shape index (κ1) is 40.7. The molecule has 1 unspecified atom stereocenters. The molecular formula is C41H39N5O11. The number of nitrogens with zero attached hydrogens (tertiary/aromatic N) is 3. The zero-order chi connectivity index (χ0) is 41.2. The van der Waals surface area contributed by atoms with E-state index in [1.165, 1.54) is 25.3 Å². The predicted molar refractivity (Wildman–Crippen MR) is 212 cm³/mol. The van der Waals surface area contributed by atoms with Crippen LogP contribution in [0.15, 0.2) is 103 Å². The summed E-state index contributed by atoms with van der Waals surface area (Å²) < 4.78 is 21.6. The molecule has 0 fully saturated rings. The van der Waals surface area contributed by atoms with E-state index in [4.69, 9.17) is 18.9 Å². The van der Waals surface area contributed by atoms with Crippen LogP contribution in [-0.2, 0) is 4.74 Å². The van der Waals surface area contributed by atoms with Gasteiger partial charge in [-0.15, -0.1) is 0 Å². The molecule has 0 aliphatic rings. The number of nitro groups is 2. The standard InChI is InChI=1S/C41H39N5O11/c1-6-44(7-2)30-17-19-34(25(3)21-30)43-40(48)57-38-33(22-31(45(50)51)23-36(38)46(52)53)39(47)42-35-20-18-32(54-5)24-37(35)56-41(49)55-26(4)27-13-15-29(16-14-27)28-11-9-8-10-12-28/h8-24,26H,6-7H2,1-5H3,(H,42,47)(H,43,48). The number of carbonyl (C=O) groups excluding carboxylic acids is 3. The SMILES string of the molecule is CCN(CC)c1ccc(NC(=O)Oc2c(C(=O)Nc3ccc(OC)cc3OC(=O)OC(C)c3ccc(-c4ccccc4)cc3)cc([N+](=O)[O-])cc2[N+](=O)[O-])c(C)c1. The van der Waals surface area contributed by atoms with Crippen LogP contribution in [0.3, 0.4) is 0 Å². The number of carbonyl (C=O) groups is 3. The molecule has 5 rings (SSSR count). The summed E-state index contributed by atoms with van der Waals surface area (Å²) >= 11 is 0. The zero-order valence-electron chi connectivity index (χ0n) is 31.6. The second kappa shape index (κ2) is 18.2. The van der Waals surface area contributed by atoms with Crippen molar-refractivity contribution in [3.8, 4) is 28.4 Å². The van der Waals surface area contributed by atoms with E-state index in [2.05, 4.69) is 15.5 Å². The zero-order valence-corrected chi connectivity index (χ0v) is 31.6. The molecule has 1 atom stereocenters. The Hall–Kier alpha value is -7.49. The van der Waals surface area contributed by atoms with Crippen molar-refractivity contribution < 1.29 is 43.2 Å². The lowest BCUT2D eigenvalue weighted by Gasteiger charge is -2.22.